The summed E-state index contributed by atoms with van der Waals surface area (Å²) in [6.07, 6.45) is 0.988. The molecule has 0 aliphatic heterocycles. The van der Waals surface area contributed by atoms with Gasteiger partial charge in [0.05, 0.1) is 11.6 Å². The summed E-state index contributed by atoms with van der Waals surface area (Å²) in [4.78, 5) is 0. The second-order valence-corrected chi connectivity index (χ2v) is 5.32. The van der Waals surface area contributed by atoms with Gasteiger partial charge in [0.25, 0.3) is 0 Å². The first-order valence-electron chi connectivity index (χ1n) is 7.04. The van der Waals surface area contributed by atoms with Crippen LogP contribution in [0.4, 0.5) is 10.1 Å². The lowest BCUT2D eigenvalue weighted by Crippen LogP contribution is -2.06. The third-order valence-electron chi connectivity index (χ3n) is 3.15. The number of benzene rings is 2. The number of anilines is 1. The van der Waals surface area contributed by atoms with Gasteiger partial charge in [0.2, 0.25) is 0 Å². The topological polar surface area (TPSA) is 21.3 Å². The van der Waals surface area contributed by atoms with Crippen LogP contribution in [0.2, 0.25) is 5.02 Å². The van der Waals surface area contributed by atoms with Crippen molar-refractivity contribution < 1.29 is 9.13 Å². The maximum absolute atomic E-state index is 13.2. The third-order valence-corrected chi connectivity index (χ3v) is 3.44. The molecule has 0 heterocycles. The third kappa shape index (κ3) is 4.36. The minimum absolute atomic E-state index is 0.0329. The Hall–Kier alpha value is -1.74. The molecule has 1 N–H and O–H groups in total. The molecule has 2 aromatic carbocycles. The fourth-order valence-electron chi connectivity index (χ4n) is 1.98. The fraction of sp³-hybridized carbons (Fsp3) is 0.294. The Morgan fingerprint density at radius 1 is 1.19 bits per heavy atom. The molecule has 112 valence electrons. The predicted octanol–water partition coefficient (Wildman–Crippen LogP) is 5.44. The first kappa shape index (κ1) is 15.6. The predicted molar refractivity (Wildman–Crippen MR) is 85.7 cm³/mol. The number of halogens is 2. The van der Waals surface area contributed by atoms with Crippen LogP contribution in [0.1, 0.15) is 31.9 Å². The molecule has 0 aromatic heterocycles. The fourth-order valence-corrected chi connectivity index (χ4v) is 2.17. The van der Waals surface area contributed by atoms with Crippen LogP contribution < -0.4 is 10.1 Å². The Morgan fingerprint density at radius 2 is 1.90 bits per heavy atom. The zero-order valence-electron chi connectivity index (χ0n) is 12.2. The zero-order chi connectivity index (χ0) is 15.2. The Kier molecular flexibility index (Phi) is 5.45. The lowest BCUT2D eigenvalue weighted by molar-refractivity contribution is 0.317. The van der Waals surface area contributed by atoms with E-state index in [-0.39, 0.29) is 11.1 Å². The summed E-state index contributed by atoms with van der Waals surface area (Å²) < 4.78 is 18.7. The second kappa shape index (κ2) is 7.32. The molecule has 0 radical (unpaired) electrons. The Morgan fingerprint density at radius 3 is 2.52 bits per heavy atom. The van der Waals surface area contributed by atoms with E-state index in [1.165, 1.54) is 6.07 Å². The lowest BCUT2D eigenvalue weighted by atomic mass is 10.1. The SMILES string of the molecule is CCCOc1ccc(NC(C)c2ccc(F)c(Cl)c2)cc1. The number of ether oxygens (including phenoxy) is 1. The van der Waals surface area contributed by atoms with E-state index in [1.54, 1.807) is 12.1 Å². The van der Waals surface area contributed by atoms with Crippen LogP contribution in [0.5, 0.6) is 5.75 Å². The normalized spacial score (nSPS) is 12.0. The number of hydrogen-bond donors (Lipinski definition) is 1. The summed E-state index contributed by atoms with van der Waals surface area (Å²) in [5.74, 6) is 0.463. The molecule has 2 aromatic rings. The summed E-state index contributed by atoms with van der Waals surface area (Å²) in [6, 6.07) is 12.6. The Balaban J connectivity index is 2.01. The van der Waals surface area contributed by atoms with Crippen LogP contribution in [0.25, 0.3) is 0 Å². The second-order valence-electron chi connectivity index (χ2n) is 4.91. The van der Waals surface area contributed by atoms with E-state index >= 15 is 0 Å². The van der Waals surface area contributed by atoms with Gasteiger partial charge in [-0.25, -0.2) is 4.39 Å². The molecule has 0 amide bonds. The number of hydrogen-bond acceptors (Lipinski definition) is 2. The van der Waals surface area contributed by atoms with Crippen molar-refractivity contribution in [3.63, 3.8) is 0 Å². The monoisotopic (exact) mass is 307 g/mol. The Bertz CT molecular complexity index is 586. The highest BCUT2D eigenvalue weighted by Gasteiger charge is 2.08. The maximum atomic E-state index is 13.2. The van der Waals surface area contributed by atoms with E-state index in [9.17, 15) is 4.39 Å². The molecular weight excluding hydrogens is 289 g/mol. The van der Waals surface area contributed by atoms with Crippen molar-refractivity contribution >= 4 is 17.3 Å². The molecule has 2 nitrogen and oxygen atoms in total. The standard InChI is InChI=1S/C17H19ClFNO/c1-3-10-21-15-7-5-14(6-8-15)20-12(2)13-4-9-17(19)16(18)11-13/h4-9,11-12,20H,3,10H2,1-2H3. The quantitative estimate of drug-likeness (QED) is 0.767. The largest absolute Gasteiger partial charge is 0.494 e. The van der Waals surface area contributed by atoms with Gasteiger partial charge in [-0.05, 0) is 55.3 Å². The molecule has 0 aliphatic carbocycles. The van der Waals surface area contributed by atoms with Gasteiger partial charge in [-0.2, -0.15) is 0 Å². The van der Waals surface area contributed by atoms with Crippen molar-refractivity contribution in [2.75, 3.05) is 11.9 Å². The van der Waals surface area contributed by atoms with Crippen LogP contribution in [-0.2, 0) is 0 Å². The summed E-state index contributed by atoms with van der Waals surface area (Å²) in [5, 5.41) is 3.49. The van der Waals surface area contributed by atoms with E-state index in [0.29, 0.717) is 0 Å². The van der Waals surface area contributed by atoms with Crippen LogP contribution >= 0.6 is 11.6 Å². The van der Waals surface area contributed by atoms with Crippen molar-refractivity contribution in [2.45, 2.75) is 26.3 Å². The van der Waals surface area contributed by atoms with Crippen LogP contribution in [0, 0.1) is 5.82 Å². The van der Waals surface area contributed by atoms with E-state index in [2.05, 4.69) is 12.2 Å². The maximum Gasteiger partial charge on any atom is 0.141 e. The van der Waals surface area contributed by atoms with Crippen LogP contribution in [-0.4, -0.2) is 6.61 Å². The first-order chi connectivity index (χ1) is 10.1. The minimum Gasteiger partial charge on any atom is -0.494 e. The highest BCUT2D eigenvalue weighted by Crippen LogP contribution is 2.24. The van der Waals surface area contributed by atoms with Crippen molar-refractivity contribution in [3.05, 3.63) is 58.9 Å². The molecule has 21 heavy (non-hydrogen) atoms. The highest BCUT2D eigenvalue weighted by atomic mass is 35.5. The highest BCUT2D eigenvalue weighted by molar-refractivity contribution is 6.30. The van der Waals surface area contributed by atoms with Crippen molar-refractivity contribution in [1.29, 1.82) is 0 Å². The van der Waals surface area contributed by atoms with Gasteiger partial charge >= 0.3 is 0 Å². The van der Waals surface area contributed by atoms with Gasteiger partial charge in [-0.1, -0.05) is 24.6 Å². The van der Waals surface area contributed by atoms with E-state index < -0.39 is 5.82 Å². The van der Waals surface area contributed by atoms with E-state index in [0.717, 1.165) is 30.0 Å². The molecular formula is C17H19ClFNO. The zero-order valence-corrected chi connectivity index (χ0v) is 13.0. The number of rotatable bonds is 6. The lowest BCUT2D eigenvalue weighted by Gasteiger charge is -2.16. The average Bonchev–Trinajstić information content (AvgIpc) is 2.49. The Labute approximate surface area is 129 Å². The molecule has 0 spiro atoms. The van der Waals surface area contributed by atoms with Crippen LogP contribution in [0.15, 0.2) is 42.5 Å². The number of nitrogens with one attached hydrogen (secondary N) is 1. The van der Waals surface area contributed by atoms with Gasteiger partial charge in [-0.15, -0.1) is 0 Å². The molecule has 0 saturated carbocycles. The van der Waals surface area contributed by atoms with Gasteiger partial charge in [0.1, 0.15) is 11.6 Å². The first-order valence-corrected chi connectivity index (χ1v) is 7.42. The van der Waals surface area contributed by atoms with Gasteiger partial charge in [0.15, 0.2) is 0 Å². The molecule has 0 aliphatic rings. The molecule has 2 rings (SSSR count). The van der Waals surface area contributed by atoms with Gasteiger partial charge in [0, 0.05) is 11.7 Å². The smallest absolute Gasteiger partial charge is 0.141 e. The van der Waals surface area contributed by atoms with Crippen LogP contribution in [0.3, 0.4) is 0 Å². The van der Waals surface area contributed by atoms with Gasteiger partial charge in [-0.3, -0.25) is 0 Å². The molecule has 0 fully saturated rings. The molecule has 4 heteroatoms. The molecule has 1 atom stereocenters. The van der Waals surface area contributed by atoms with Crippen molar-refractivity contribution in [3.8, 4) is 5.75 Å². The molecule has 0 saturated heterocycles. The summed E-state index contributed by atoms with van der Waals surface area (Å²) in [7, 11) is 0. The average molecular weight is 308 g/mol. The molecule has 0 bridgehead atoms. The van der Waals surface area contributed by atoms with Gasteiger partial charge < -0.3 is 10.1 Å². The summed E-state index contributed by atoms with van der Waals surface area (Å²) >= 11 is 5.81. The molecule has 1 unspecified atom stereocenters. The summed E-state index contributed by atoms with van der Waals surface area (Å²) in [5.41, 5.74) is 1.92. The van der Waals surface area contributed by atoms with Crippen molar-refractivity contribution in [2.24, 2.45) is 0 Å². The minimum atomic E-state index is -0.398. The van der Waals surface area contributed by atoms with E-state index in [4.69, 9.17) is 16.3 Å². The summed E-state index contributed by atoms with van der Waals surface area (Å²) in [6.45, 7) is 4.80. The van der Waals surface area contributed by atoms with E-state index in [1.807, 2.05) is 31.2 Å². The van der Waals surface area contributed by atoms with Crippen molar-refractivity contribution in [1.82, 2.24) is 0 Å².